The molecule has 0 radical (unpaired) electrons. The van der Waals surface area contributed by atoms with E-state index in [1.165, 1.54) is 7.11 Å². The molecule has 0 aromatic heterocycles. The standard InChI is InChI=1S/C10H10N2O/c1-8-4-3-5-9(6-11)10(8)7-12-13-2/h3-5,7H,1-2H3/b12-7+. The highest BCUT2D eigenvalue weighted by atomic mass is 16.6. The van der Waals surface area contributed by atoms with Gasteiger partial charge in [-0.25, -0.2) is 0 Å². The van der Waals surface area contributed by atoms with Crippen molar-refractivity contribution in [1.82, 2.24) is 0 Å². The average molecular weight is 174 g/mol. The Bertz CT molecular complexity index is 364. The zero-order chi connectivity index (χ0) is 9.68. The summed E-state index contributed by atoms with van der Waals surface area (Å²) >= 11 is 0. The molecule has 0 aliphatic heterocycles. The lowest BCUT2D eigenvalue weighted by Crippen LogP contribution is -1.92. The third-order valence-electron chi connectivity index (χ3n) is 1.73. The smallest absolute Gasteiger partial charge is 0.106 e. The Morgan fingerprint density at radius 3 is 2.92 bits per heavy atom. The molecular formula is C10H10N2O. The lowest BCUT2D eigenvalue weighted by Gasteiger charge is -2.00. The molecule has 1 aromatic carbocycles. The van der Waals surface area contributed by atoms with Gasteiger partial charge in [0.25, 0.3) is 0 Å². The van der Waals surface area contributed by atoms with Crippen molar-refractivity contribution in [3.05, 3.63) is 34.9 Å². The van der Waals surface area contributed by atoms with Gasteiger partial charge in [-0.15, -0.1) is 0 Å². The summed E-state index contributed by atoms with van der Waals surface area (Å²) in [7, 11) is 1.47. The minimum atomic E-state index is 0.612. The largest absolute Gasteiger partial charge is 0.399 e. The van der Waals surface area contributed by atoms with E-state index in [9.17, 15) is 0 Å². The quantitative estimate of drug-likeness (QED) is 0.507. The number of benzene rings is 1. The Balaban J connectivity index is 3.17. The van der Waals surface area contributed by atoms with Crippen LogP contribution in [0, 0.1) is 18.3 Å². The monoisotopic (exact) mass is 174 g/mol. The highest BCUT2D eigenvalue weighted by Crippen LogP contribution is 2.10. The predicted octanol–water partition coefficient (Wildman–Crippen LogP) is 1.85. The average Bonchev–Trinajstić information content (AvgIpc) is 2.15. The van der Waals surface area contributed by atoms with Gasteiger partial charge in [-0.05, 0) is 18.6 Å². The van der Waals surface area contributed by atoms with Crippen LogP contribution in [0.4, 0.5) is 0 Å². The third-order valence-corrected chi connectivity index (χ3v) is 1.73. The van der Waals surface area contributed by atoms with Crippen molar-refractivity contribution in [2.75, 3.05) is 7.11 Å². The minimum Gasteiger partial charge on any atom is -0.399 e. The van der Waals surface area contributed by atoms with Gasteiger partial charge in [0.15, 0.2) is 0 Å². The number of aryl methyl sites for hydroxylation is 1. The summed E-state index contributed by atoms with van der Waals surface area (Å²) in [5, 5.41) is 12.4. The van der Waals surface area contributed by atoms with E-state index in [4.69, 9.17) is 5.26 Å². The predicted molar refractivity (Wildman–Crippen MR) is 50.5 cm³/mol. The molecule has 0 unspecified atom stereocenters. The Labute approximate surface area is 77.2 Å². The van der Waals surface area contributed by atoms with Gasteiger partial charge in [0.05, 0.1) is 17.8 Å². The zero-order valence-electron chi connectivity index (χ0n) is 7.61. The fourth-order valence-electron chi connectivity index (χ4n) is 1.05. The number of oxime groups is 1. The summed E-state index contributed by atoms with van der Waals surface area (Å²) in [4.78, 5) is 4.56. The van der Waals surface area contributed by atoms with E-state index >= 15 is 0 Å². The molecular weight excluding hydrogens is 164 g/mol. The van der Waals surface area contributed by atoms with E-state index in [2.05, 4.69) is 16.1 Å². The molecule has 1 aromatic rings. The first kappa shape index (κ1) is 9.27. The first-order valence-electron chi connectivity index (χ1n) is 3.86. The van der Waals surface area contributed by atoms with E-state index in [1.807, 2.05) is 19.1 Å². The van der Waals surface area contributed by atoms with Crippen LogP contribution in [0.5, 0.6) is 0 Å². The van der Waals surface area contributed by atoms with Crippen molar-refractivity contribution in [1.29, 1.82) is 5.26 Å². The Hall–Kier alpha value is -1.82. The number of nitrogens with zero attached hydrogens (tertiary/aromatic N) is 2. The normalized spacial score (nSPS) is 9.92. The van der Waals surface area contributed by atoms with E-state index < -0.39 is 0 Å². The fourth-order valence-corrected chi connectivity index (χ4v) is 1.05. The molecule has 0 saturated carbocycles. The lowest BCUT2D eigenvalue weighted by molar-refractivity contribution is 0.215. The van der Waals surface area contributed by atoms with Crippen molar-refractivity contribution in [3.63, 3.8) is 0 Å². The van der Waals surface area contributed by atoms with Crippen LogP contribution in [0.3, 0.4) is 0 Å². The second kappa shape index (κ2) is 4.27. The maximum Gasteiger partial charge on any atom is 0.106 e. The van der Waals surface area contributed by atoms with E-state index in [0.717, 1.165) is 11.1 Å². The molecule has 0 fully saturated rings. The number of rotatable bonds is 2. The molecule has 0 heterocycles. The SMILES string of the molecule is CO/N=C/c1c(C)cccc1C#N. The van der Waals surface area contributed by atoms with Crippen molar-refractivity contribution < 1.29 is 4.84 Å². The molecule has 0 spiro atoms. The van der Waals surface area contributed by atoms with Crippen LogP contribution in [0.1, 0.15) is 16.7 Å². The molecule has 0 bridgehead atoms. The van der Waals surface area contributed by atoms with Gasteiger partial charge < -0.3 is 4.84 Å². The Kier molecular flexibility index (Phi) is 3.04. The van der Waals surface area contributed by atoms with Crippen LogP contribution >= 0.6 is 0 Å². The molecule has 0 aliphatic carbocycles. The number of hydrogen-bond acceptors (Lipinski definition) is 3. The van der Waals surface area contributed by atoms with Gasteiger partial charge in [0.1, 0.15) is 7.11 Å². The third kappa shape index (κ3) is 2.06. The fraction of sp³-hybridized carbons (Fsp3) is 0.200. The first-order chi connectivity index (χ1) is 6.29. The van der Waals surface area contributed by atoms with E-state index in [1.54, 1.807) is 12.3 Å². The maximum atomic E-state index is 8.79. The molecule has 3 nitrogen and oxygen atoms in total. The van der Waals surface area contributed by atoms with Gasteiger partial charge in [0.2, 0.25) is 0 Å². The number of nitriles is 1. The number of hydrogen-bond donors (Lipinski definition) is 0. The molecule has 1 rings (SSSR count). The first-order valence-corrected chi connectivity index (χ1v) is 3.86. The highest BCUT2D eigenvalue weighted by molar-refractivity contribution is 5.84. The van der Waals surface area contributed by atoms with Crippen molar-refractivity contribution >= 4 is 6.21 Å². The second-order valence-electron chi connectivity index (χ2n) is 2.57. The Morgan fingerprint density at radius 1 is 1.54 bits per heavy atom. The summed E-state index contributed by atoms with van der Waals surface area (Å²) in [5.41, 5.74) is 2.44. The second-order valence-corrected chi connectivity index (χ2v) is 2.57. The summed E-state index contributed by atoms with van der Waals surface area (Å²) in [5.74, 6) is 0. The minimum absolute atomic E-state index is 0.612. The summed E-state index contributed by atoms with van der Waals surface area (Å²) in [6.45, 7) is 1.93. The van der Waals surface area contributed by atoms with E-state index in [0.29, 0.717) is 5.56 Å². The summed E-state index contributed by atoms with van der Waals surface area (Å²) in [6.07, 6.45) is 1.55. The van der Waals surface area contributed by atoms with E-state index in [-0.39, 0.29) is 0 Å². The zero-order valence-corrected chi connectivity index (χ0v) is 7.61. The Morgan fingerprint density at radius 2 is 2.31 bits per heavy atom. The van der Waals surface area contributed by atoms with Crippen molar-refractivity contribution in [2.24, 2.45) is 5.16 Å². The van der Waals surface area contributed by atoms with Gasteiger partial charge in [-0.1, -0.05) is 17.3 Å². The summed E-state index contributed by atoms with van der Waals surface area (Å²) in [6, 6.07) is 7.63. The van der Waals surface area contributed by atoms with Crippen LogP contribution in [0.15, 0.2) is 23.4 Å². The van der Waals surface area contributed by atoms with Crippen LogP contribution in [-0.4, -0.2) is 13.3 Å². The van der Waals surface area contributed by atoms with Crippen LogP contribution in [-0.2, 0) is 4.84 Å². The van der Waals surface area contributed by atoms with Crippen molar-refractivity contribution in [2.45, 2.75) is 6.92 Å². The van der Waals surface area contributed by atoms with Crippen molar-refractivity contribution in [3.8, 4) is 6.07 Å². The van der Waals surface area contributed by atoms with Crippen LogP contribution in [0.2, 0.25) is 0 Å². The summed E-state index contributed by atoms with van der Waals surface area (Å²) < 4.78 is 0. The molecule has 3 heteroatoms. The van der Waals surface area contributed by atoms with Gasteiger partial charge in [-0.3, -0.25) is 0 Å². The molecule has 0 aliphatic rings. The maximum absolute atomic E-state index is 8.79. The van der Waals surface area contributed by atoms with Crippen LogP contribution in [0.25, 0.3) is 0 Å². The molecule has 13 heavy (non-hydrogen) atoms. The molecule has 0 N–H and O–H groups in total. The molecule has 0 amide bonds. The lowest BCUT2D eigenvalue weighted by atomic mass is 10.0. The molecule has 0 atom stereocenters. The van der Waals surface area contributed by atoms with Gasteiger partial charge in [0, 0.05) is 5.56 Å². The van der Waals surface area contributed by atoms with Crippen LogP contribution < -0.4 is 0 Å². The van der Waals surface area contributed by atoms with Gasteiger partial charge in [-0.2, -0.15) is 5.26 Å². The van der Waals surface area contributed by atoms with Gasteiger partial charge >= 0.3 is 0 Å². The molecule has 66 valence electrons. The highest BCUT2D eigenvalue weighted by Gasteiger charge is 2.01. The topological polar surface area (TPSA) is 45.4 Å². The molecule has 0 saturated heterocycles.